The molecule has 0 spiro atoms. The van der Waals surface area contributed by atoms with Crippen molar-refractivity contribution in [1.82, 2.24) is 0 Å². The van der Waals surface area contributed by atoms with E-state index in [0.29, 0.717) is 11.3 Å². The Morgan fingerprint density at radius 1 is 0.966 bits per heavy atom. The number of hydrogen-bond donors (Lipinski definition) is 1. The Kier molecular flexibility index (Phi) is 5.62. The van der Waals surface area contributed by atoms with E-state index in [-0.39, 0.29) is 27.4 Å². The number of aliphatic imine (C=N–C) groups is 1. The van der Waals surface area contributed by atoms with Gasteiger partial charge in [-0.25, -0.2) is 4.99 Å². The second kappa shape index (κ2) is 7.34. The highest BCUT2D eigenvalue weighted by Crippen LogP contribution is 2.40. The number of hydrogen-bond acceptors (Lipinski definition) is 2. The fourth-order valence-electron chi connectivity index (χ4n) is 3.05. The van der Waals surface area contributed by atoms with Crippen LogP contribution in [-0.4, -0.2) is 74.1 Å². The molecule has 0 saturated heterocycles. The minimum Gasteiger partial charge on any atom is -0.449 e. The Morgan fingerprint density at radius 3 is 2.10 bits per heavy atom. The van der Waals surface area contributed by atoms with E-state index in [1.54, 1.807) is 6.92 Å². The standard InChI is InChI=1S/C17H9B8ClN2O/c1-15(7-5-3-2-4-6-7)8-9(18)12(26)10(19)11(20)13(8)27-14(29-15)28-17(24,25)16(21,22)23/h2-6H,1H3,(H,27,28). The van der Waals surface area contributed by atoms with E-state index in [9.17, 15) is 0 Å². The summed E-state index contributed by atoms with van der Waals surface area (Å²) in [5.74, 6) is 0. The molecule has 0 fully saturated rings. The zero-order chi connectivity index (χ0) is 21.8. The highest BCUT2D eigenvalue weighted by Gasteiger charge is 2.42. The molecule has 3 rings (SSSR count). The van der Waals surface area contributed by atoms with Crippen LogP contribution in [-0.2, 0) is 10.3 Å². The molecule has 1 unspecified atom stereocenters. The van der Waals surface area contributed by atoms with Crippen molar-refractivity contribution in [2.75, 3.05) is 5.32 Å². The smallest absolute Gasteiger partial charge is 0.289 e. The number of amidine groups is 1. The van der Waals surface area contributed by atoms with Gasteiger partial charge in [-0.1, -0.05) is 58.3 Å². The zero-order valence-corrected chi connectivity index (χ0v) is 16.5. The maximum Gasteiger partial charge on any atom is 0.289 e. The van der Waals surface area contributed by atoms with Gasteiger partial charge < -0.3 is 10.1 Å². The molecule has 2 aromatic rings. The third-order valence-corrected chi connectivity index (χ3v) is 5.27. The number of ether oxygens (including phenoxy) is 1. The minimum absolute atomic E-state index is 0.102. The number of benzene rings is 2. The van der Waals surface area contributed by atoms with Crippen molar-refractivity contribution in [3.05, 3.63) is 46.5 Å². The first-order valence-electron chi connectivity index (χ1n) is 8.51. The van der Waals surface area contributed by atoms with E-state index in [4.69, 9.17) is 79.1 Å². The first kappa shape index (κ1) is 22.2. The van der Waals surface area contributed by atoms with Gasteiger partial charge in [0, 0.05) is 16.3 Å². The summed E-state index contributed by atoms with van der Waals surface area (Å²) in [4.78, 5) is 4.08. The number of nitrogens with one attached hydrogen (secondary N) is 1. The first-order valence-corrected chi connectivity index (χ1v) is 8.89. The topological polar surface area (TPSA) is 33.6 Å². The summed E-state index contributed by atoms with van der Waals surface area (Å²) in [6.07, 6.45) is 0. The molecule has 12 heteroatoms. The molecule has 1 N–H and O–H groups in total. The van der Waals surface area contributed by atoms with Gasteiger partial charge in [0.05, 0.1) is 39.2 Å². The van der Waals surface area contributed by atoms with Gasteiger partial charge in [0.2, 0.25) is 0 Å². The molecule has 1 aliphatic rings. The van der Waals surface area contributed by atoms with Gasteiger partial charge >= 0.3 is 0 Å². The van der Waals surface area contributed by atoms with Crippen LogP contribution >= 0.6 is 11.6 Å². The third-order valence-electron chi connectivity index (χ3n) is 4.87. The van der Waals surface area contributed by atoms with Gasteiger partial charge in [-0.15, -0.1) is 5.11 Å². The van der Waals surface area contributed by atoms with Gasteiger partial charge in [0.1, 0.15) is 23.5 Å². The van der Waals surface area contributed by atoms with E-state index < -0.39 is 16.1 Å². The van der Waals surface area contributed by atoms with Crippen LogP contribution in [0.4, 0.5) is 5.69 Å². The fraction of sp³-hybridized carbons (Fsp3) is 0.235. The Morgan fingerprint density at radius 2 is 1.55 bits per heavy atom. The molecule has 0 bridgehead atoms. The summed E-state index contributed by atoms with van der Waals surface area (Å²) in [6.45, 7) is 1.76. The van der Waals surface area contributed by atoms with Crippen LogP contribution < -0.4 is 21.7 Å². The van der Waals surface area contributed by atoms with Crippen LogP contribution in [0.15, 0.2) is 35.3 Å². The van der Waals surface area contributed by atoms with Crippen molar-refractivity contribution >= 4 is 102 Å². The lowest BCUT2D eigenvalue weighted by Gasteiger charge is -2.43. The summed E-state index contributed by atoms with van der Waals surface area (Å²) < 4.78 is 6.13. The summed E-state index contributed by atoms with van der Waals surface area (Å²) in [7, 11) is 47.2. The van der Waals surface area contributed by atoms with E-state index in [1.165, 1.54) is 0 Å². The van der Waals surface area contributed by atoms with Gasteiger partial charge in [-0.3, -0.25) is 0 Å². The fourth-order valence-corrected chi connectivity index (χ4v) is 3.25. The molecule has 1 heterocycles. The molecule has 29 heavy (non-hydrogen) atoms. The summed E-state index contributed by atoms with van der Waals surface area (Å²) in [5, 5.41) is -1.12. The lowest BCUT2D eigenvalue weighted by atomic mass is 9.26. The second-order valence-electron chi connectivity index (χ2n) is 7.11. The minimum atomic E-state index is -2.08. The lowest BCUT2D eigenvalue weighted by molar-refractivity contribution is 0.113. The lowest BCUT2D eigenvalue weighted by Crippen LogP contribution is -2.51. The molecule has 0 aromatic heterocycles. The van der Waals surface area contributed by atoms with Gasteiger partial charge in [0.15, 0.2) is 5.60 Å². The Bertz CT molecular complexity index is 993. The van der Waals surface area contributed by atoms with Crippen LogP contribution in [0, 0.1) is 0 Å². The van der Waals surface area contributed by atoms with E-state index in [1.807, 2.05) is 30.3 Å². The highest BCUT2D eigenvalue weighted by atomic mass is 35.5. The molecule has 16 radical (unpaired) electrons. The average Bonchev–Trinajstić information content (AvgIpc) is 2.63. The van der Waals surface area contributed by atoms with Crippen LogP contribution in [0.1, 0.15) is 18.1 Å². The number of fused-ring (bicyclic) bond motifs is 1. The van der Waals surface area contributed by atoms with Crippen LogP contribution in [0.25, 0.3) is 0 Å². The predicted octanol–water partition coefficient (Wildman–Crippen LogP) is -1.65. The molecule has 1 aliphatic heterocycles. The number of halogens is 1. The number of rotatable bonds is 3. The van der Waals surface area contributed by atoms with Crippen LogP contribution in [0.2, 0.25) is 10.1 Å². The van der Waals surface area contributed by atoms with Crippen molar-refractivity contribution in [2.24, 2.45) is 4.99 Å². The maximum absolute atomic E-state index is 6.30. The molecule has 3 nitrogen and oxygen atoms in total. The van der Waals surface area contributed by atoms with E-state index >= 15 is 0 Å². The quantitative estimate of drug-likeness (QED) is 0.649. The van der Waals surface area contributed by atoms with Gasteiger partial charge in [-0.2, -0.15) is 0 Å². The Hall–Kier alpha value is -1.48. The SMILES string of the molecule is [B]c1c([B])c2c(c([B])c1Cl)C(C)(c1ccccc1)OC(=NC([B])([B])C([B])([B])[B])N2. The van der Waals surface area contributed by atoms with Crippen molar-refractivity contribution in [3.63, 3.8) is 0 Å². The molecular formula is C17H9B8ClN2O. The Balaban J connectivity index is 2.31. The summed E-state index contributed by atoms with van der Waals surface area (Å²) in [6, 6.07) is 9.07. The van der Waals surface area contributed by atoms with Crippen molar-refractivity contribution in [3.8, 4) is 0 Å². The number of anilines is 1. The van der Waals surface area contributed by atoms with Crippen molar-refractivity contribution in [1.29, 1.82) is 0 Å². The molecule has 1 atom stereocenters. The largest absolute Gasteiger partial charge is 0.449 e. The Labute approximate surface area is 186 Å². The first-order chi connectivity index (χ1) is 13.3. The molecule has 0 amide bonds. The molecule has 124 valence electrons. The highest BCUT2D eigenvalue weighted by molar-refractivity contribution is 6.67. The van der Waals surface area contributed by atoms with Gasteiger partial charge in [-0.05, 0) is 17.8 Å². The zero-order valence-electron chi connectivity index (χ0n) is 15.7. The molecule has 2 aromatic carbocycles. The van der Waals surface area contributed by atoms with E-state index in [0.717, 1.165) is 5.56 Å². The monoisotopic (exact) mass is 380 g/mol. The van der Waals surface area contributed by atoms with Crippen LogP contribution in [0.5, 0.6) is 0 Å². The van der Waals surface area contributed by atoms with Crippen molar-refractivity contribution in [2.45, 2.75) is 23.0 Å². The summed E-state index contributed by atoms with van der Waals surface area (Å²) >= 11 is 6.30. The van der Waals surface area contributed by atoms with Gasteiger partial charge in [0.25, 0.3) is 6.02 Å². The maximum atomic E-state index is 6.30. The average molecular weight is 379 g/mol. The third kappa shape index (κ3) is 3.71. The second-order valence-corrected chi connectivity index (χ2v) is 7.48. The van der Waals surface area contributed by atoms with Crippen molar-refractivity contribution < 1.29 is 4.74 Å². The molecule has 0 aliphatic carbocycles. The van der Waals surface area contributed by atoms with Crippen LogP contribution in [0.3, 0.4) is 0 Å². The number of nitrogens with zero attached hydrogens (tertiary/aromatic N) is 1. The molecular weight excluding hydrogens is 370 g/mol. The summed E-state index contributed by atoms with van der Waals surface area (Å²) in [5.41, 5.74) is 0.797. The van der Waals surface area contributed by atoms with E-state index in [2.05, 4.69) is 10.3 Å². The normalized spacial score (nSPS) is 20.6. The predicted molar refractivity (Wildman–Crippen MR) is 127 cm³/mol. The molecule has 0 saturated carbocycles.